The fraction of sp³-hybridized carbons (Fsp3) is 0.533. The number of benzene rings is 1. The number of anilines is 1. The van der Waals surface area contributed by atoms with Gasteiger partial charge in [0.15, 0.2) is 0 Å². The van der Waals surface area contributed by atoms with Crippen molar-refractivity contribution in [3.05, 3.63) is 22.7 Å². The van der Waals surface area contributed by atoms with Gasteiger partial charge in [0, 0.05) is 38.8 Å². The minimum atomic E-state index is -0.451. The van der Waals surface area contributed by atoms with Crippen molar-refractivity contribution in [2.24, 2.45) is 0 Å². The molecular weight excluding hydrogens is 306 g/mol. The van der Waals surface area contributed by atoms with Crippen molar-refractivity contribution in [2.75, 3.05) is 59.2 Å². The molecule has 0 unspecified atom stereocenters. The number of methoxy groups -OCH3 is 1. The molecule has 1 aromatic carbocycles. The van der Waals surface area contributed by atoms with Crippen molar-refractivity contribution in [3.8, 4) is 5.75 Å². The average molecular weight is 328 g/mol. The van der Waals surface area contributed by atoms with E-state index in [-0.39, 0.29) is 0 Å². The minimum absolute atomic E-state index is 0.292. The molecule has 1 saturated heterocycles. The standard InChI is InChI=1S/C15H22ClN3O3/c1-18-3-5-19(6-4-18)7-8-22-15(20)11-9-12(16)13(17)10-14(11)21-2/h9-10H,3-8,17H2,1-2H3. The third-order valence-electron chi connectivity index (χ3n) is 3.78. The lowest BCUT2D eigenvalue weighted by molar-refractivity contribution is 0.0429. The lowest BCUT2D eigenvalue weighted by Crippen LogP contribution is -2.45. The molecule has 0 amide bonds. The molecule has 7 heteroatoms. The van der Waals surface area contributed by atoms with Crippen molar-refractivity contribution < 1.29 is 14.3 Å². The van der Waals surface area contributed by atoms with E-state index >= 15 is 0 Å². The van der Waals surface area contributed by atoms with E-state index in [4.69, 9.17) is 26.8 Å². The highest BCUT2D eigenvalue weighted by Gasteiger charge is 2.18. The number of hydrogen-bond donors (Lipinski definition) is 1. The third kappa shape index (κ3) is 4.25. The Morgan fingerprint density at radius 2 is 2.00 bits per heavy atom. The molecule has 22 heavy (non-hydrogen) atoms. The molecule has 122 valence electrons. The molecule has 1 aliphatic heterocycles. The van der Waals surface area contributed by atoms with Gasteiger partial charge < -0.3 is 20.1 Å². The number of halogens is 1. The Balaban J connectivity index is 1.88. The second kappa shape index (κ2) is 7.67. The van der Waals surface area contributed by atoms with Gasteiger partial charge in [-0.05, 0) is 13.1 Å². The summed E-state index contributed by atoms with van der Waals surface area (Å²) in [6.45, 7) is 5.12. The second-order valence-corrected chi connectivity index (χ2v) is 5.76. The molecule has 0 aromatic heterocycles. The van der Waals surface area contributed by atoms with E-state index in [2.05, 4.69) is 16.8 Å². The highest BCUT2D eigenvalue weighted by molar-refractivity contribution is 6.33. The lowest BCUT2D eigenvalue weighted by Gasteiger charge is -2.32. The monoisotopic (exact) mass is 327 g/mol. The number of ether oxygens (including phenoxy) is 2. The van der Waals surface area contributed by atoms with E-state index in [9.17, 15) is 4.79 Å². The molecular formula is C15H22ClN3O3. The quantitative estimate of drug-likeness (QED) is 0.650. The van der Waals surface area contributed by atoms with E-state index < -0.39 is 5.97 Å². The van der Waals surface area contributed by atoms with Gasteiger partial charge in [0.25, 0.3) is 0 Å². The summed E-state index contributed by atoms with van der Waals surface area (Å²) < 4.78 is 10.5. The fourth-order valence-corrected chi connectivity index (χ4v) is 2.48. The van der Waals surface area contributed by atoms with Crippen LogP contribution in [0.3, 0.4) is 0 Å². The van der Waals surface area contributed by atoms with Gasteiger partial charge in [0.05, 0.1) is 17.8 Å². The SMILES string of the molecule is COc1cc(N)c(Cl)cc1C(=O)OCCN1CCN(C)CC1. The van der Waals surface area contributed by atoms with Gasteiger partial charge in [0.2, 0.25) is 0 Å². The first kappa shape index (κ1) is 16.9. The molecule has 2 rings (SSSR count). The first-order chi connectivity index (χ1) is 10.5. The molecule has 0 atom stereocenters. The highest BCUT2D eigenvalue weighted by atomic mass is 35.5. The normalized spacial score (nSPS) is 16.5. The topological polar surface area (TPSA) is 68.0 Å². The molecule has 0 bridgehead atoms. The smallest absolute Gasteiger partial charge is 0.342 e. The molecule has 0 radical (unpaired) electrons. The summed E-state index contributed by atoms with van der Waals surface area (Å²) in [6, 6.07) is 3.01. The summed E-state index contributed by atoms with van der Waals surface area (Å²) in [6.07, 6.45) is 0. The number of carbonyl (C=O) groups is 1. The molecule has 6 nitrogen and oxygen atoms in total. The van der Waals surface area contributed by atoms with E-state index in [1.165, 1.54) is 19.2 Å². The van der Waals surface area contributed by atoms with Gasteiger partial charge in [-0.1, -0.05) is 11.6 Å². The van der Waals surface area contributed by atoms with Crippen LogP contribution in [0.15, 0.2) is 12.1 Å². The Bertz CT molecular complexity index is 531. The number of rotatable bonds is 5. The summed E-state index contributed by atoms with van der Waals surface area (Å²) in [7, 11) is 3.58. The van der Waals surface area contributed by atoms with Crippen molar-refractivity contribution in [2.45, 2.75) is 0 Å². The maximum Gasteiger partial charge on any atom is 0.342 e. The van der Waals surface area contributed by atoms with Crippen LogP contribution >= 0.6 is 11.6 Å². The Hall–Kier alpha value is -1.50. The van der Waals surface area contributed by atoms with E-state index in [1.54, 1.807) is 0 Å². The lowest BCUT2D eigenvalue weighted by atomic mass is 10.2. The van der Waals surface area contributed by atoms with Crippen LogP contribution in [0.5, 0.6) is 5.75 Å². The zero-order valence-electron chi connectivity index (χ0n) is 13.0. The summed E-state index contributed by atoms with van der Waals surface area (Å²) in [4.78, 5) is 16.7. The number of hydrogen-bond acceptors (Lipinski definition) is 6. The molecule has 0 spiro atoms. The van der Waals surface area contributed by atoms with Gasteiger partial charge >= 0.3 is 5.97 Å². The maximum absolute atomic E-state index is 12.2. The fourth-order valence-electron chi connectivity index (χ4n) is 2.31. The largest absolute Gasteiger partial charge is 0.496 e. The first-order valence-electron chi connectivity index (χ1n) is 7.22. The molecule has 1 aromatic rings. The Kier molecular flexibility index (Phi) is 5.88. The van der Waals surface area contributed by atoms with Gasteiger partial charge in [0.1, 0.15) is 17.9 Å². The highest BCUT2D eigenvalue weighted by Crippen LogP contribution is 2.29. The van der Waals surface area contributed by atoms with Crippen LogP contribution in [-0.4, -0.2) is 69.3 Å². The number of nitrogens with zero attached hydrogens (tertiary/aromatic N) is 2. The zero-order chi connectivity index (χ0) is 16.1. The van der Waals surface area contributed by atoms with E-state index in [1.807, 2.05) is 0 Å². The van der Waals surface area contributed by atoms with Crippen LogP contribution in [0.1, 0.15) is 10.4 Å². The summed E-state index contributed by atoms with van der Waals surface area (Å²) in [5, 5.41) is 0.312. The van der Waals surface area contributed by atoms with Crippen molar-refractivity contribution in [1.29, 1.82) is 0 Å². The van der Waals surface area contributed by atoms with Crippen LogP contribution in [0, 0.1) is 0 Å². The van der Waals surface area contributed by atoms with Crippen LogP contribution in [0.2, 0.25) is 5.02 Å². The number of esters is 1. The van der Waals surface area contributed by atoms with Gasteiger partial charge in [-0.3, -0.25) is 4.90 Å². The number of piperazine rings is 1. The summed E-state index contributed by atoms with van der Waals surface area (Å²) in [5.74, 6) is -0.0839. The predicted octanol–water partition coefficient (Wildman–Crippen LogP) is 1.33. The van der Waals surface area contributed by atoms with Crippen molar-refractivity contribution >= 4 is 23.3 Å². The van der Waals surface area contributed by atoms with Crippen LogP contribution < -0.4 is 10.5 Å². The molecule has 2 N–H and O–H groups in total. The number of carbonyl (C=O) groups excluding carboxylic acids is 1. The van der Waals surface area contributed by atoms with Gasteiger partial charge in [-0.15, -0.1) is 0 Å². The number of likely N-dealkylation sites (N-methyl/N-ethyl adjacent to an activating group) is 1. The van der Waals surface area contributed by atoms with Gasteiger partial charge in [-0.25, -0.2) is 4.79 Å². The Labute approximate surface area is 135 Å². The molecule has 0 aliphatic carbocycles. The summed E-state index contributed by atoms with van der Waals surface area (Å²) in [5.41, 5.74) is 6.36. The van der Waals surface area contributed by atoms with E-state index in [0.717, 1.165) is 32.7 Å². The maximum atomic E-state index is 12.2. The molecule has 1 heterocycles. The van der Waals surface area contributed by atoms with E-state index in [0.29, 0.717) is 28.6 Å². The van der Waals surface area contributed by atoms with Crippen LogP contribution in [0.4, 0.5) is 5.69 Å². The van der Waals surface area contributed by atoms with Crippen LogP contribution in [0.25, 0.3) is 0 Å². The molecule has 1 aliphatic rings. The first-order valence-corrected chi connectivity index (χ1v) is 7.60. The second-order valence-electron chi connectivity index (χ2n) is 5.35. The third-order valence-corrected chi connectivity index (χ3v) is 4.10. The van der Waals surface area contributed by atoms with Gasteiger partial charge in [-0.2, -0.15) is 0 Å². The number of nitrogen functional groups attached to an aromatic ring is 1. The molecule has 0 saturated carbocycles. The Morgan fingerprint density at radius 3 is 2.64 bits per heavy atom. The Morgan fingerprint density at radius 1 is 1.32 bits per heavy atom. The average Bonchev–Trinajstić information content (AvgIpc) is 2.51. The number of nitrogens with two attached hydrogens (primary N) is 1. The minimum Gasteiger partial charge on any atom is -0.496 e. The molecule has 1 fully saturated rings. The van der Waals surface area contributed by atoms with Crippen LogP contribution in [-0.2, 0) is 4.74 Å². The van der Waals surface area contributed by atoms with Crippen molar-refractivity contribution in [1.82, 2.24) is 9.80 Å². The predicted molar refractivity (Wildman–Crippen MR) is 86.6 cm³/mol. The summed E-state index contributed by atoms with van der Waals surface area (Å²) >= 11 is 5.96. The van der Waals surface area contributed by atoms with Crippen molar-refractivity contribution in [3.63, 3.8) is 0 Å². The zero-order valence-corrected chi connectivity index (χ0v) is 13.7.